The zero-order valence-corrected chi connectivity index (χ0v) is 13.6. The van der Waals surface area contributed by atoms with Gasteiger partial charge < -0.3 is 9.84 Å². The van der Waals surface area contributed by atoms with Gasteiger partial charge in [0.15, 0.2) is 11.5 Å². The Morgan fingerprint density at radius 1 is 1.25 bits per heavy atom. The molecule has 0 aromatic heterocycles. The summed E-state index contributed by atoms with van der Waals surface area (Å²) >= 11 is 0. The van der Waals surface area contributed by atoms with E-state index in [-0.39, 0.29) is 11.5 Å². The van der Waals surface area contributed by atoms with Crippen LogP contribution in [-0.2, 0) is 0 Å². The van der Waals surface area contributed by atoms with Gasteiger partial charge >= 0.3 is 5.69 Å². The van der Waals surface area contributed by atoms with Crippen molar-refractivity contribution in [3.63, 3.8) is 0 Å². The molecule has 124 valence electrons. The van der Waals surface area contributed by atoms with Crippen molar-refractivity contribution in [3.05, 3.63) is 68.8 Å². The average Bonchev–Trinajstić information content (AvgIpc) is 2.53. The molecule has 1 N–H and O–H groups in total. The lowest BCUT2D eigenvalue weighted by atomic mass is 10.0. The first-order valence-corrected chi connectivity index (χ1v) is 7.18. The topological polar surface area (TPSA) is 89.7 Å². The van der Waals surface area contributed by atoms with Crippen LogP contribution in [0.3, 0.4) is 0 Å². The predicted octanol–water partition coefficient (Wildman–Crippen LogP) is 3.82. The largest absolute Gasteiger partial charge is 0.500 e. The second-order valence-electron chi connectivity index (χ2n) is 5.36. The van der Waals surface area contributed by atoms with E-state index in [1.165, 1.54) is 31.4 Å². The second-order valence-corrected chi connectivity index (χ2v) is 5.36. The van der Waals surface area contributed by atoms with Crippen LogP contribution >= 0.6 is 0 Å². The highest BCUT2D eigenvalue weighted by molar-refractivity contribution is 6.07. The molecule has 0 amide bonds. The van der Waals surface area contributed by atoms with Gasteiger partial charge in [-0.2, -0.15) is 0 Å². The van der Waals surface area contributed by atoms with Crippen LogP contribution in [0.4, 0.5) is 5.69 Å². The van der Waals surface area contributed by atoms with Gasteiger partial charge in [-0.3, -0.25) is 14.9 Å². The van der Waals surface area contributed by atoms with E-state index in [2.05, 4.69) is 0 Å². The summed E-state index contributed by atoms with van der Waals surface area (Å²) < 4.78 is 4.93. The molecule has 0 aliphatic carbocycles. The number of aryl methyl sites for hydroxylation is 2. The van der Waals surface area contributed by atoms with Gasteiger partial charge in [-0.05, 0) is 37.1 Å². The second kappa shape index (κ2) is 6.95. The number of aromatic hydroxyl groups is 1. The minimum absolute atomic E-state index is 0.0252. The quantitative estimate of drug-likeness (QED) is 0.390. The third-order valence-corrected chi connectivity index (χ3v) is 3.57. The number of nitro benzene ring substituents is 1. The molecular weight excluding hydrogens is 310 g/mol. The molecule has 0 atom stereocenters. The van der Waals surface area contributed by atoms with E-state index in [9.17, 15) is 20.0 Å². The Hall–Kier alpha value is -3.15. The van der Waals surface area contributed by atoms with Crippen molar-refractivity contribution in [2.75, 3.05) is 7.11 Å². The van der Waals surface area contributed by atoms with E-state index in [0.29, 0.717) is 11.1 Å². The van der Waals surface area contributed by atoms with Crippen molar-refractivity contribution >= 4 is 17.5 Å². The number of rotatable bonds is 5. The summed E-state index contributed by atoms with van der Waals surface area (Å²) in [5, 5.41) is 20.7. The summed E-state index contributed by atoms with van der Waals surface area (Å²) in [5.41, 5.74) is 2.39. The number of nitro groups is 1. The van der Waals surface area contributed by atoms with E-state index in [4.69, 9.17) is 4.74 Å². The molecule has 0 fully saturated rings. The van der Waals surface area contributed by atoms with E-state index in [1.807, 2.05) is 26.0 Å². The fourth-order valence-corrected chi connectivity index (χ4v) is 2.36. The summed E-state index contributed by atoms with van der Waals surface area (Å²) in [6, 6.07) is 8.12. The fraction of sp³-hybridized carbons (Fsp3) is 0.167. The monoisotopic (exact) mass is 327 g/mol. The molecule has 2 aromatic carbocycles. The molecule has 0 unspecified atom stereocenters. The lowest BCUT2D eigenvalue weighted by Gasteiger charge is -2.05. The first-order chi connectivity index (χ1) is 11.3. The Morgan fingerprint density at radius 3 is 2.54 bits per heavy atom. The third kappa shape index (κ3) is 3.60. The van der Waals surface area contributed by atoms with Crippen molar-refractivity contribution in [2.24, 2.45) is 0 Å². The molecule has 24 heavy (non-hydrogen) atoms. The molecule has 0 heterocycles. The summed E-state index contributed by atoms with van der Waals surface area (Å²) in [4.78, 5) is 22.6. The lowest BCUT2D eigenvalue weighted by Crippen LogP contribution is -1.98. The number of carbonyl (C=O) groups excluding carboxylic acids is 1. The van der Waals surface area contributed by atoms with Crippen molar-refractivity contribution in [3.8, 4) is 11.5 Å². The number of allylic oxidation sites excluding steroid dienone is 1. The highest BCUT2D eigenvalue weighted by Crippen LogP contribution is 2.37. The number of ketones is 1. The molecule has 0 aliphatic heterocycles. The predicted molar refractivity (Wildman–Crippen MR) is 90.6 cm³/mol. The van der Waals surface area contributed by atoms with Gasteiger partial charge in [0.05, 0.1) is 12.0 Å². The van der Waals surface area contributed by atoms with Crippen LogP contribution < -0.4 is 4.74 Å². The normalized spacial score (nSPS) is 10.8. The van der Waals surface area contributed by atoms with Gasteiger partial charge in [-0.25, -0.2) is 0 Å². The first-order valence-electron chi connectivity index (χ1n) is 7.18. The number of nitrogens with zero attached hydrogens (tertiary/aromatic N) is 1. The molecule has 2 rings (SSSR count). The molecule has 0 saturated heterocycles. The average molecular weight is 327 g/mol. The van der Waals surface area contributed by atoms with Crippen molar-refractivity contribution < 1.29 is 19.6 Å². The van der Waals surface area contributed by atoms with E-state index in [0.717, 1.165) is 11.1 Å². The third-order valence-electron chi connectivity index (χ3n) is 3.57. The van der Waals surface area contributed by atoms with Crippen molar-refractivity contribution in [2.45, 2.75) is 13.8 Å². The van der Waals surface area contributed by atoms with Crippen LogP contribution in [0.2, 0.25) is 0 Å². The van der Waals surface area contributed by atoms with E-state index < -0.39 is 16.4 Å². The maximum atomic E-state index is 12.3. The Bertz CT molecular complexity index is 840. The van der Waals surface area contributed by atoms with Crippen LogP contribution in [0.1, 0.15) is 27.0 Å². The number of phenolic OH excluding ortho intramolecular Hbond substituents is 1. The number of ether oxygens (including phenoxy) is 1. The zero-order chi connectivity index (χ0) is 17.9. The summed E-state index contributed by atoms with van der Waals surface area (Å²) in [6.45, 7) is 3.79. The maximum absolute atomic E-state index is 12.3. The number of hydrogen-bond acceptors (Lipinski definition) is 5. The minimum atomic E-state index is -0.707. The van der Waals surface area contributed by atoms with E-state index >= 15 is 0 Å². The Balaban J connectivity index is 2.36. The fourth-order valence-electron chi connectivity index (χ4n) is 2.36. The van der Waals surface area contributed by atoms with Gasteiger partial charge in [0.1, 0.15) is 0 Å². The molecule has 0 bridgehead atoms. The molecule has 0 spiro atoms. The van der Waals surface area contributed by atoms with Gasteiger partial charge in [-0.15, -0.1) is 0 Å². The summed E-state index contributed by atoms with van der Waals surface area (Å²) in [5.74, 6) is -0.773. The van der Waals surface area contributed by atoms with Crippen LogP contribution in [0, 0.1) is 24.0 Å². The van der Waals surface area contributed by atoms with Crippen molar-refractivity contribution in [1.82, 2.24) is 0 Å². The Labute approximate surface area is 139 Å². The smallest absolute Gasteiger partial charge is 0.315 e. The summed E-state index contributed by atoms with van der Waals surface area (Å²) in [7, 11) is 1.30. The number of benzene rings is 2. The van der Waals surface area contributed by atoms with Crippen LogP contribution in [-0.4, -0.2) is 22.9 Å². The van der Waals surface area contributed by atoms with Gasteiger partial charge in [0.2, 0.25) is 5.75 Å². The molecule has 0 aliphatic rings. The number of carbonyl (C=O) groups is 1. The minimum Gasteiger partial charge on any atom is -0.500 e. The molecule has 0 saturated carbocycles. The van der Waals surface area contributed by atoms with Crippen LogP contribution in [0.25, 0.3) is 6.08 Å². The maximum Gasteiger partial charge on any atom is 0.315 e. The lowest BCUT2D eigenvalue weighted by molar-refractivity contribution is -0.386. The molecule has 2 aromatic rings. The van der Waals surface area contributed by atoms with Gasteiger partial charge in [0, 0.05) is 11.6 Å². The molecule has 6 nitrogen and oxygen atoms in total. The number of methoxy groups -OCH3 is 1. The van der Waals surface area contributed by atoms with Crippen LogP contribution in [0.15, 0.2) is 36.4 Å². The van der Waals surface area contributed by atoms with E-state index in [1.54, 1.807) is 6.07 Å². The molecule has 6 heteroatoms. The number of phenols is 1. The Kier molecular flexibility index (Phi) is 4.99. The van der Waals surface area contributed by atoms with Gasteiger partial charge in [0.25, 0.3) is 0 Å². The first kappa shape index (κ1) is 17.2. The highest BCUT2D eigenvalue weighted by Gasteiger charge is 2.19. The van der Waals surface area contributed by atoms with Crippen LogP contribution in [0.5, 0.6) is 11.5 Å². The molecule has 0 radical (unpaired) electrons. The SMILES string of the molecule is COc1cc(/C=C/C(=O)c2ccc(C)cc2C)cc([N+](=O)[O-])c1O. The summed E-state index contributed by atoms with van der Waals surface area (Å²) in [6.07, 6.45) is 2.80. The zero-order valence-electron chi connectivity index (χ0n) is 13.6. The van der Waals surface area contributed by atoms with Gasteiger partial charge in [-0.1, -0.05) is 29.8 Å². The number of hydrogen-bond donors (Lipinski definition) is 1. The highest BCUT2D eigenvalue weighted by atomic mass is 16.6. The Morgan fingerprint density at radius 2 is 1.96 bits per heavy atom. The molecular formula is C18H17NO5. The van der Waals surface area contributed by atoms with Crippen molar-refractivity contribution in [1.29, 1.82) is 0 Å². The standard InChI is InChI=1S/C18H17NO5/c1-11-4-6-14(12(2)8-11)16(20)7-5-13-9-15(19(22)23)18(21)17(10-13)24-3/h4-10,21H,1-3H3/b7-5+.